The van der Waals surface area contributed by atoms with Gasteiger partial charge in [0.1, 0.15) is 17.4 Å². The number of anilines is 1. The van der Waals surface area contributed by atoms with Crippen LogP contribution < -0.4 is 10.2 Å². The monoisotopic (exact) mass is 401 g/mol. The van der Waals surface area contributed by atoms with Crippen molar-refractivity contribution in [2.24, 2.45) is 21.8 Å². The van der Waals surface area contributed by atoms with Gasteiger partial charge in [-0.2, -0.15) is 5.26 Å². The summed E-state index contributed by atoms with van der Waals surface area (Å²) in [6, 6.07) is 5.49. The van der Waals surface area contributed by atoms with Crippen LogP contribution in [0.1, 0.15) is 38.7 Å². The Morgan fingerprint density at radius 1 is 1.45 bits per heavy atom. The lowest BCUT2D eigenvalue weighted by molar-refractivity contribution is -0.122. The predicted molar refractivity (Wildman–Crippen MR) is 110 cm³/mol. The van der Waals surface area contributed by atoms with E-state index < -0.39 is 11.8 Å². The standard InChI is InChI=1S/C21H25F2N5O/c1-4-26-19-14(10-24)5-6-17(20(19)25-3)28-11-13(2)7-16(12-28)27-18(29)8-15-9-21(15,22)23/h4-6,13,15-16H,3,7-9,11-12H2,1-2H3,(H,27,29)/t13-,15?,16+/m0/s1. The first-order valence-corrected chi connectivity index (χ1v) is 9.73. The summed E-state index contributed by atoms with van der Waals surface area (Å²) in [5, 5.41) is 12.3. The number of amides is 1. The molecule has 1 aliphatic carbocycles. The van der Waals surface area contributed by atoms with E-state index in [0.29, 0.717) is 23.5 Å². The van der Waals surface area contributed by atoms with Crippen molar-refractivity contribution in [3.05, 3.63) is 17.7 Å². The van der Waals surface area contributed by atoms with Gasteiger partial charge in [0.2, 0.25) is 5.91 Å². The number of halogens is 2. The molecule has 0 radical (unpaired) electrons. The van der Waals surface area contributed by atoms with Crippen molar-refractivity contribution < 1.29 is 13.6 Å². The van der Waals surface area contributed by atoms with Crippen LogP contribution in [0, 0.1) is 23.2 Å². The lowest BCUT2D eigenvalue weighted by atomic mass is 9.94. The SMILES string of the molecule is C=Nc1c(N2C[C@@H](C)C[C@@H](NC(=O)CC3CC3(F)F)C2)ccc(C#N)c1N=CC. The number of alkyl halides is 2. The minimum atomic E-state index is -2.69. The second kappa shape index (κ2) is 8.27. The summed E-state index contributed by atoms with van der Waals surface area (Å²) in [4.78, 5) is 22.7. The minimum absolute atomic E-state index is 0.135. The van der Waals surface area contributed by atoms with E-state index in [1.165, 1.54) is 0 Å². The van der Waals surface area contributed by atoms with Crippen molar-refractivity contribution in [1.82, 2.24) is 5.32 Å². The van der Waals surface area contributed by atoms with E-state index in [1.54, 1.807) is 19.2 Å². The first-order chi connectivity index (χ1) is 13.8. The smallest absolute Gasteiger partial charge is 0.252 e. The Kier molecular flexibility index (Phi) is 5.96. The third-order valence-electron chi connectivity index (χ3n) is 5.42. The Hall–Kier alpha value is -2.82. The van der Waals surface area contributed by atoms with E-state index >= 15 is 0 Å². The lowest BCUT2D eigenvalue weighted by Crippen LogP contribution is -2.50. The van der Waals surface area contributed by atoms with Crippen LogP contribution in [0.15, 0.2) is 22.1 Å². The maximum Gasteiger partial charge on any atom is 0.252 e. The number of carbonyl (C=O) groups is 1. The van der Waals surface area contributed by atoms with Crippen molar-refractivity contribution in [2.75, 3.05) is 18.0 Å². The normalized spacial score (nSPS) is 25.5. The summed E-state index contributed by atoms with van der Waals surface area (Å²) in [5.41, 5.74) is 2.20. The molecular formula is C21H25F2N5O. The van der Waals surface area contributed by atoms with Crippen molar-refractivity contribution in [1.29, 1.82) is 5.26 Å². The van der Waals surface area contributed by atoms with E-state index in [9.17, 15) is 18.8 Å². The third kappa shape index (κ3) is 4.61. The van der Waals surface area contributed by atoms with E-state index in [0.717, 1.165) is 18.7 Å². The van der Waals surface area contributed by atoms with Crippen LogP contribution in [-0.2, 0) is 4.79 Å². The number of nitriles is 1. The highest BCUT2D eigenvalue weighted by atomic mass is 19.3. The molecule has 1 N–H and O–H groups in total. The van der Waals surface area contributed by atoms with E-state index in [4.69, 9.17) is 0 Å². The first kappa shape index (κ1) is 20.9. The summed E-state index contributed by atoms with van der Waals surface area (Å²) in [7, 11) is 0. The van der Waals surface area contributed by atoms with Gasteiger partial charge in [-0.3, -0.25) is 14.8 Å². The van der Waals surface area contributed by atoms with Crippen molar-refractivity contribution >= 4 is 35.9 Å². The molecule has 1 heterocycles. The summed E-state index contributed by atoms with van der Waals surface area (Å²) in [6.07, 6.45) is 2.04. The molecule has 3 rings (SSSR count). The molecular weight excluding hydrogens is 376 g/mol. The highest BCUT2D eigenvalue weighted by molar-refractivity contribution is 5.86. The fourth-order valence-corrected chi connectivity index (χ4v) is 3.98. The molecule has 0 aromatic heterocycles. The largest absolute Gasteiger partial charge is 0.367 e. The topological polar surface area (TPSA) is 80.9 Å². The molecule has 0 bridgehead atoms. The second-order valence-electron chi connectivity index (χ2n) is 7.86. The minimum Gasteiger partial charge on any atom is -0.367 e. The van der Waals surface area contributed by atoms with Gasteiger partial charge < -0.3 is 10.2 Å². The zero-order valence-electron chi connectivity index (χ0n) is 16.7. The molecule has 1 aliphatic heterocycles. The summed E-state index contributed by atoms with van der Waals surface area (Å²) < 4.78 is 26.2. The van der Waals surface area contributed by atoms with Crippen LogP contribution in [0.3, 0.4) is 0 Å². The average Bonchev–Trinajstić information content (AvgIpc) is 3.26. The number of rotatable bonds is 6. The molecule has 1 unspecified atom stereocenters. The van der Waals surface area contributed by atoms with Crippen LogP contribution >= 0.6 is 0 Å². The van der Waals surface area contributed by atoms with E-state index in [2.05, 4.69) is 39.9 Å². The van der Waals surface area contributed by atoms with Crippen LogP contribution in [0.2, 0.25) is 0 Å². The average molecular weight is 401 g/mol. The van der Waals surface area contributed by atoms with Crippen molar-refractivity contribution in [3.8, 4) is 6.07 Å². The van der Waals surface area contributed by atoms with Gasteiger partial charge in [-0.25, -0.2) is 8.78 Å². The zero-order valence-corrected chi connectivity index (χ0v) is 16.7. The van der Waals surface area contributed by atoms with Gasteiger partial charge in [0, 0.05) is 44.1 Å². The molecule has 2 aliphatic rings. The summed E-state index contributed by atoms with van der Waals surface area (Å²) >= 11 is 0. The molecule has 29 heavy (non-hydrogen) atoms. The molecule has 2 fully saturated rings. The van der Waals surface area contributed by atoms with Crippen molar-refractivity contribution in [2.45, 2.75) is 45.1 Å². The molecule has 1 aromatic rings. The van der Waals surface area contributed by atoms with Crippen LogP contribution in [0.4, 0.5) is 25.8 Å². The molecule has 154 valence electrons. The Morgan fingerprint density at radius 3 is 2.76 bits per heavy atom. The van der Waals surface area contributed by atoms with Gasteiger partial charge in [0.05, 0.1) is 11.3 Å². The first-order valence-electron chi connectivity index (χ1n) is 9.73. The van der Waals surface area contributed by atoms with Gasteiger partial charge in [-0.05, 0) is 38.1 Å². The molecule has 0 spiro atoms. The number of hydrogen-bond donors (Lipinski definition) is 1. The molecule has 1 saturated carbocycles. The van der Waals surface area contributed by atoms with Gasteiger partial charge >= 0.3 is 0 Å². The fourth-order valence-electron chi connectivity index (χ4n) is 3.98. The Morgan fingerprint density at radius 2 is 2.17 bits per heavy atom. The summed E-state index contributed by atoms with van der Waals surface area (Å²) in [5.74, 6) is -3.57. The highest BCUT2D eigenvalue weighted by Crippen LogP contribution is 2.50. The van der Waals surface area contributed by atoms with Gasteiger partial charge in [-0.1, -0.05) is 6.92 Å². The Labute approximate surface area is 169 Å². The maximum atomic E-state index is 13.1. The number of aliphatic imine (C=N–C) groups is 2. The highest BCUT2D eigenvalue weighted by Gasteiger charge is 2.57. The molecule has 1 saturated heterocycles. The number of benzene rings is 1. The fraction of sp³-hybridized carbons (Fsp3) is 0.524. The molecule has 8 heteroatoms. The molecule has 6 nitrogen and oxygen atoms in total. The molecule has 3 atom stereocenters. The van der Waals surface area contributed by atoms with E-state index in [1.807, 2.05) is 6.07 Å². The van der Waals surface area contributed by atoms with Crippen LogP contribution in [0.5, 0.6) is 0 Å². The molecule has 1 amide bonds. The maximum absolute atomic E-state index is 13.1. The van der Waals surface area contributed by atoms with Crippen LogP contribution in [0.25, 0.3) is 0 Å². The predicted octanol–water partition coefficient (Wildman–Crippen LogP) is 3.99. The Balaban J connectivity index is 1.78. The second-order valence-corrected chi connectivity index (χ2v) is 7.86. The molecule has 1 aromatic carbocycles. The van der Waals surface area contributed by atoms with Crippen molar-refractivity contribution in [3.63, 3.8) is 0 Å². The number of nitrogens with zero attached hydrogens (tertiary/aromatic N) is 4. The number of hydrogen-bond acceptors (Lipinski definition) is 5. The quantitative estimate of drug-likeness (QED) is 0.732. The third-order valence-corrected chi connectivity index (χ3v) is 5.42. The van der Waals surface area contributed by atoms with Gasteiger partial charge in [-0.15, -0.1) is 0 Å². The van der Waals surface area contributed by atoms with Gasteiger partial charge in [0.15, 0.2) is 0 Å². The lowest BCUT2D eigenvalue weighted by Gasteiger charge is -2.39. The zero-order chi connectivity index (χ0) is 21.2. The Bertz CT molecular complexity index is 877. The number of piperidine rings is 1. The summed E-state index contributed by atoms with van der Waals surface area (Å²) in [6.45, 7) is 8.76. The van der Waals surface area contributed by atoms with Crippen LogP contribution in [-0.4, -0.2) is 43.9 Å². The van der Waals surface area contributed by atoms with E-state index in [-0.39, 0.29) is 30.7 Å². The number of carbonyl (C=O) groups excluding carboxylic acids is 1. The van der Waals surface area contributed by atoms with Gasteiger partial charge in [0.25, 0.3) is 5.92 Å². The number of nitrogens with one attached hydrogen (secondary N) is 1.